The number of ether oxygens (including phenoxy) is 3. The van der Waals surface area contributed by atoms with E-state index in [-0.39, 0.29) is 28.6 Å². The fourth-order valence-corrected chi connectivity index (χ4v) is 11.0. The van der Waals surface area contributed by atoms with E-state index >= 15 is 0 Å². The highest BCUT2D eigenvalue weighted by molar-refractivity contribution is 5.33. The topological polar surface area (TPSA) is 51.2 Å². The number of hydrogen-bond donors (Lipinski definition) is 1. The van der Waals surface area contributed by atoms with Crippen molar-refractivity contribution in [3.63, 3.8) is 0 Å². The van der Waals surface area contributed by atoms with Crippen LogP contribution in [0.2, 0.25) is 0 Å². The fourth-order valence-electron chi connectivity index (χ4n) is 11.0. The van der Waals surface area contributed by atoms with Gasteiger partial charge >= 0.3 is 0 Å². The lowest BCUT2D eigenvalue weighted by Crippen LogP contribution is -2.58. The van der Waals surface area contributed by atoms with Crippen molar-refractivity contribution in [2.24, 2.45) is 45.3 Å². The van der Waals surface area contributed by atoms with E-state index in [1.165, 1.54) is 32.1 Å². The highest BCUT2D eigenvalue weighted by Crippen LogP contribution is 2.74. The molecule has 0 aromatic carbocycles. The van der Waals surface area contributed by atoms with E-state index in [9.17, 15) is 5.11 Å². The first-order chi connectivity index (χ1) is 16.8. The molecule has 0 bridgehead atoms. The lowest BCUT2D eigenvalue weighted by atomic mass is 9.41. The molecule has 6 rings (SSSR count). The van der Waals surface area contributed by atoms with Gasteiger partial charge in [-0.2, -0.15) is 0 Å². The van der Waals surface area contributed by atoms with Crippen LogP contribution in [0.3, 0.4) is 0 Å². The van der Waals surface area contributed by atoms with Gasteiger partial charge in [-0.25, -0.2) is 0 Å². The SMILES string of the molecule is CCO[C@]1([C@@H]2OC2(C)C)CC([C@@H]2CC[C@]3(C)C4=CC[C@H]5C(C)(C)[C@H](O)CC[C@]5(C)[C@H]4CC[C@@]23C)CO1. The van der Waals surface area contributed by atoms with Gasteiger partial charge in [0.25, 0.3) is 0 Å². The van der Waals surface area contributed by atoms with E-state index < -0.39 is 5.79 Å². The average molecular weight is 501 g/mol. The minimum absolute atomic E-state index is 0.00263. The van der Waals surface area contributed by atoms with Crippen LogP contribution in [-0.4, -0.2) is 41.9 Å². The van der Waals surface area contributed by atoms with Crippen LogP contribution < -0.4 is 0 Å². The monoisotopic (exact) mass is 500 g/mol. The van der Waals surface area contributed by atoms with Crippen molar-refractivity contribution in [3.8, 4) is 0 Å². The second-order valence-electron chi connectivity index (χ2n) is 15.4. The molecular formula is C32H52O4. The van der Waals surface area contributed by atoms with Crippen LogP contribution in [0.1, 0.15) is 107 Å². The van der Waals surface area contributed by atoms with Gasteiger partial charge in [0.1, 0.15) is 6.10 Å². The third-order valence-electron chi connectivity index (χ3n) is 13.3. The number of rotatable bonds is 4. The highest BCUT2D eigenvalue weighted by atomic mass is 16.7. The highest BCUT2D eigenvalue weighted by Gasteiger charge is 2.69. The summed E-state index contributed by atoms with van der Waals surface area (Å²) in [5.41, 5.74) is 2.52. The number of aliphatic hydroxyl groups is 1. The standard InChI is InChI=1S/C32H52O4/c1-9-34-32(26-28(4,5)36-26)18-20(19-35-32)21-12-16-31(8)23-10-11-24-27(2,3)25(33)14-15-29(24,6)22(23)13-17-30(21,31)7/h10,20-22,24-26,33H,9,11-19H2,1-8H3/t20?,21-,22-,24-,25+,26+,29+,30-,31+,32+/m0/s1. The van der Waals surface area contributed by atoms with E-state index in [2.05, 4.69) is 61.5 Å². The second kappa shape index (κ2) is 7.83. The molecule has 0 radical (unpaired) electrons. The Balaban J connectivity index is 1.28. The van der Waals surface area contributed by atoms with E-state index in [1.807, 2.05) is 0 Å². The van der Waals surface area contributed by atoms with E-state index in [4.69, 9.17) is 14.2 Å². The summed E-state index contributed by atoms with van der Waals surface area (Å²) < 4.78 is 19.0. The largest absolute Gasteiger partial charge is 0.393 e. The lowest BCUT2D eigenvalue weighted by molar-refractivity contribution is -0.219. The van der Waals surface area contributed by atoms with Crippen molar-refractivity contribution in [1.82, 2.24) is 0 Å². The summed E-state index contributed by atoms with van der Waals surface area (Å²) in [6.07, 6.45) is 12.0. The maximum absolute atomic E-state index is 10.9. The first kappa shape index (κ1) is 25.8. The van der Waals surface area contributed by atoms with Gasteiger partial charge in [0.05, 0.1) is 18.3 Å². The summed E-state index contributed by atoms with van der Waals surface area (Å²) in [6, 6.07) is 0. The molecule has 4 aliphatic carbocycles. The zero-order chi connectivity index (χ0) is 25.9. The molecule has 2 aliphatic heterocycles. The predicted molar refractivity (Wildman–Crippen MR) is 142 cm³/mol. The molecule has 10 atom stereocenters. The van der Waals surface area contributed by atoms with E-state index in [0.717, 1.165) is 25.9 Å². The van der Waals surface area contributed by atoms with Gasteiger partial charge in [-0.15, -0.1) is 0 Å². The summed E-state index contributed by atoms with van der Waals surface area (Å²) in [7, 11) is 0. The molecule has 4 heteroatoms. The molecule has 0 aromatic heterocycles. The summed E-state index contributed by atoms with van der Waals surface area (Å²) >= 11 is 0. The van der Waals surface area contributed by atoms with Crippen LogP contribution in [0.15, 0.2) is 11.6 Å². The molecule has 3 saturated carbocycles. The first-order valence-corrected chi connectivity index (χ1v) is 15.1. The zero-order valence-corrected chi connectivity index (χ0v) is 24.3. The molecule has 204 valence electrons. The molecule has 6 aliphatic rings. The van der Waals surface area contributed by atoms with Crippen LogP contribution >= 0.6 is 0 Å². The first-order valence-electron chi connectivity index (χ1n) is 15.1. The quantitative estimate of drug-likeness (QED) is 0.337. The number of hydrogen-bond acceptors (Lipinski definition) is 4. The third kappa shape index (κ3) is 3.20. The van der Waals surface area contributed by atoms with Gasteiger partial charge in [-0.1, -0.05) is 46.3 Å². The van der Waals surface area contributed by atoms with Gasteiger partial charge < -0.3 is 19.3 Å². The molecule has 2 saturated heterocycles. The number of fused-ring (bicyclic) bond motifs is 5. The van der Waals surface area contributed by atoms with Gasteiger partial charge in [-0.05, 0) is 111 Å². The van der Waals surface area contributed by atoms with Crippen molar-refractivity contribution >= 4 is 0 Å². The molecule has 5 fully saturated rings. The Labute approximate surface area is 219 Å². The van der Waals surface area contributed by atoms with Crippen molar-refractivity contribution in [1.29, 1.82) is 0 Å². The van der Waals surface area contributed by atoms with Crippen molar-refractivity contribution in [2.75, 3.05) is 13.2 Å². The number of epoxide rings is 1. The van der Waals surface area contributed by atoms with Crippen LogP contribution in [0.25, 0.3) is 0 Å². The van der Waals surface area contributed by atoms with E-state index in [1.54, 1.807) is 5.57 Å². The molecule has 1 unspecified atom stereocenters. The maximum atomic E-state index is 10.9. The Morgan fingerprint density at radius 3 is 2.39 bits per heavy atom. The van der Waals surface area contributed by atoms with Gasteiger partial charge in [0, 0.05) is 13.0 Å². The molecule has 0 spiro atoms. The Morgan fingerprint density at radius 1 is 1.00 bits per heavy atom. The molecular weight excluding hydrogens is 448 g/mol. The molecule has 36 heavy (non-hydrogen) atoms. The van der Waals surface area contributed by atoms with E-state index in [0.29, 0.717) is 41.1 Å². The predicted octanol–water partition coefficient (Wildman–Crippen LogP) is 6.90. The van der Waals surface area contributed by atoms with Gasteiger partial charge in [0.15, 0.2) is 5.79 Å². The van der Waals surface area contributed by atoms with Gasteiger partial charge in [-0.3, -0.25) is 0 Å². The Hall–Kier alpha value is -0.420. The van der Waals surface area contributed by atoms with Crippen LogP contribution in [-0.2, 0) is 14.2 Å². The van der Waals surface area contributed by atoms with Crippen LogP contribution in [0.4, 0.5) is 0 Å². The number of allylic oxidation sites excluding steroid dienone is 2. The van der Waals surface area contributed by atoms with Crippen LogP contribution in [0.5, 0.6) is 0 Å². The second-order valence-corrected chi connectivity index (χ2v) is 15.4. The Bertz CT molecular complexity index is 938. The number of aliphatic hydroxyl groups excluding tert-OH is 1. The van der Waals surface area contributed by atoms with Gasteiger partial charge in [0.2, 0.25) is 0 Å². The van der Waals surface area contributed by atoms with Crippen molar-refractivity contribution < 1.29 is 19.3 Å². The summed E-state index contributed by atoms with van der Waals surface area (Å²) in [5, 5.41) is 10.9. The third-order valence-corrected chi connectivity index (χ3v) is 13.3. The average Bonchev–Trinajstić information content (AvgIpc) is 3.12. The van der Waals surface area contributed by atoms with Crippen LogP contribution in [0, 0.1) is 45.3 Å². The minimum Gasteiger partial charge on any atom is -0.393 e. The minimum atomic E-state index is -0.561. The summed E-state index contributed by atoms with van der Waals surface area (Å²) in [6.45, 7) is 20.4. The smallest absolute Gasteiger partial charge is 0.197 e. The molecule has 0 aromatic rings. The Kier molecular flexibility index (Phi) is 5.62. The van der Waals surface area contributed by atoms with Crippen molar-refractivity contribution in [3.05, 3.63) is 11.6 Å². The molecule has 4 nitrogen and oxygen atoms in total. The molecule has 1 N–H and O–H groups in total. The Morgan fingerprint density at radius 2 is 1.72 bits per heavy atom. The molecule has 2 heterocycles. The summed E-state index contributed by atoms with van der Waals surface area (Å²) in [4.78, 5) is 0. The summed E-state index contributed by atoms with van der Waals surface area (Å²) in [5.74, 6) is 1.89. The lowest BCUT2D eigenvalue weighted by Gasteiger charge is -2.64. The van der Waals surface area contributed by atoms with Crippen molar-refractivity contribution in [2.45, 2.75) is 130 Å². The zero-order valence-electron chi connectivity index (χ0n) is 24.3. The maximum Gasteiger partial charge on any atom is 0.197 e. The molecule has 0 amide bonds. The normalized spacial score (nSPS) is 54.9. The fraction of sp³-hybridized carbons (Fsp3) is 0.938.